The topological polar surface area (TPSA) is 49.6 Å². The van der Waals surface area contributed by atoms with E-state index in [1.54, 1.807) is 18.5 Å². The van der Waals surface area contributed by atoms with Gasteiger partial charge >= 0.3 is 0 Å². The molecule has 0 saturated heterocycles. The standard InChI is InChI=1S/C33H40FN3/c1-2-3-4-5-6-7-8-9-10-25-11-13-26(14-12-25)27-15-17-28(18-16-27)31-23-36-33(37-24-31)29-19-20-30(22-35)32(34)21-29/h15-21,23-26H,2-14H2,1H3. The number of nitrogens with zero attached hydrogens (tertiary/aromatic N) is 3. The predicted molar refractivity (Wildman–Crippen MR) is 150 cm³/mol. The highest BCUT2D eigenvalue weighted by Crippen LogP contribution is 2.38. The molecular formula is C33H40FN3. The lowest BCUT2D eigenvalue weighted by atomic mass is 9.77. The molecule has 1 aromatic heterocycles. The summed E-state index contributed by atoms with van der Waals surface area (Å²) in [6.07, 6.45) is 21.6. The summed E-state index contributed by atoms with van der Waals surface area (Å²) < 4.78 is 13.9. The molecule has 0 amide bonds. The van der Waals surface area contributed by atoms with Gasteiger partial charge in [0.1, 0.15) is 11.9 Å². The van der Waals surface area contributed by atoms with Gasteiger partial charge in [0.05, 0.1) is 5.56 Å². The molecule has 3 aromatic rings. The Morgan fingerprint density at radius 3 is 2.03 bits per heavy atom. The van der Waals surface area contributed by atoms with Crippen molar-refractivity contribution >= 4 is 0 Å². The van der Waals surface area contributed by atoms with Gasteiger partial charge in [-0.05, 0) is 66.8 Å². The van der Waals surface area contributed by atoms with Crippen LogP contribution in [0.1, 0.15) is 107 Å². The van der Waals surface area contributed by atoms with E-state index in [0.717, 1.165) is 17.0 Å². The van der Waals surface area contributed by atoms with E-state index in [2.05, 4.69) is 41.2 Å². The number of hydrogen-bond acceptors (Lipinski definition) is 3. The van der Waals surface area contributed by atoms with Gasteiger partial charge in [-0.2, -0.15) is 5.26 Å². The Labute approximate surface area is 222 Å². The van der Waals surface area contributed by atoms with Crippen molar-refractivity contribution in [3.05, 3.63) is 71.8 Å². The Hall–Kier alpha value is -3.06. The second kappa shape index (κ2) is 14.0. The fourth-order valence-corrected chi connectivity index (χ4v) is 5.67. The van der Waals surface area contributed by atoms with E-state index in [0.29, 0.717) is 17.3 Å². The van der Waals surface area contributed by atoms with Crippen molar-refractivity contribution in [3.8, 4) is 28.6 Å². The van der Waals surface area contributed by atoms with Gasteiger partial charge in [0.2, 0.25) is 0 Å². The number of halogens is 1. The number of benzene rings is 2. The fraction of sp³-hybridized carbons (Fsp3) is 0.485. The summed E-state index contributed by atoms with van der Waals surface area (Å²) in [5.74, 6) is 1.50. The van der Waals surface area contributed by atoms with E-state index in [-0.39, 0.29) is 5.56 Å². The van der Waals surface area contributed by atoms with Gasteiger partial charge in [-0.3, -0.25) is 0 Å². The molecule has 2 aromatic carbocycles. The largest absolute Gasteiger partial charge is 0.236 e. The summed E-state index contributed by atoms with van der Waals surface area (Å²) >= 11 is 0. The third-order valence-corrected chi connectivity index (χ3v) is 8.03. The van der Waals surface area contributed by atoms with Crippen LogP contribution in [0.3, 0.4) is 0 Å². The number of rotatable bonds is 12. The van der Waals surface area contributed by atoms with E-state index >= 15 is 0 Å². The molecule has 0 N–H and O–H groups in total. The molecule has 0 aliphatic heterocycles. The SMILES string of the molecule is CCCCCCCCCCC1CCC(c2ccc(-c3cnc(-c4ccc(C#N)c(F)c4)nc3)cc2)CC1. The van der Waals surface area contributed by atoms with E-state index in [1.807, 2.05) is 6.07 Å². The van der Waals surface area contributed by atoms with Crippen LogP contribution in [0.5, 0.6) is 0 Å². The van der Waals surface area contributed by atoms with Gasteiger partial charge in [-0.1, -0.05) is 89.0 Å². The van der Waals surface area contributed by atoms with Crippen LogP contribution in [0.4, 0.5) is 4.39 Å². The van der Waals surface area contributed by atoms with Crippen LogP contribution >= 0.6 is 0 Å². The second-order valence-corrected chi connectivity index (χ2v) is 10.7. The van der Waals surface area contributed by atoms with Crippen molar-refractivity contribution < 1.29 is 4.39 Å². The summed E-state index contributed by atoms with van der Waals surface area (Å²) in [6, 6.07) is 15.2. The summed E-state index contributed by atoms with van der Waals surface area (Å²) in [7, 11) is 0. The van der Waals surface area contributed by atoms with Crippen molar-refractivity contribution in [2.24, 2.45) is 5.92 Å². The lowest BCUT2D eigenvalue weighted by molar-refractivity contribution is 0.302. The van der Waals surface area contributed by atoms with E-state index in [4.69, 9.17) is 5.26 Å². The van der Waals surface area contributed by atoms with Crippen molar-refractivity contribution in [1.82, 2.24) is 9.97 Å². The zero-order chi connectivity index (χ0) is 25.9. The fourth-order valence-electron chi connectivity index (χ4n) is 5.67. The lowest BCUT2D eigenvalue weighted by Gasteiger charge is -2.29. The molecule has 4 rings (SSSR count). The zero-order valence-corrected chi connectivity index (χ0v) is 22.3. The lowest BCUT2D eigenvalue weighted by Crippen LogP contribution is -2.13. The maximum Gasteiger partial charge on any atom is 0.159 e. The third kappa shape index (κ3) is 7.71. The molecule has 0 spiro atoms. The average Bonchev–Trinajstić information content (AvgIpc) is 2.95. The Morgan fingerprint density at radius 2 is 1.41 bits per heavy atom. The molecule has 0 radical (unpaired) electrons. The summed E-state index contributed by atoms with van der Waals surface area (Å²) in [5, 5.41) is 8.91. The highest BCUT2D eigenvalue weighted by atomic mass is 19.1. The van der Waals surface area contributed by atoms with Crippen LogP contribution in [0.25, 0.3) is 22.5 Å². The van der Waals surface area contributed by atoms with Crippen LogP contribution < -0.4 is 0 Å². The van der Waals surface area contributed by atoms with Crippen molar-refractivity contribution in [2.45, 2.75) is 96.3 Å². The first-order valence-corrected chi connectivity index (χ1v) is 14.3. The van der Waals surface area contributed by atoms with E-state index < -0.39 is 5.82 Å². The number of aromatic nitrogens is 2. The molecule has 1 heterocycles. The summed E-state index contributed by atoms with van der Waals surface area (Å²) in [5.41, 5.74) is 4.07. The molecule has 0 atom stereocenters. The molecule has 37 heavy (non-hydrogen) atoms. The van der Waals surface area contributed by atoms with Crippen LogP contribution in [0, 0.1) is 23.1 Å². The van der Waals surface area contributed by atoms with E-state index in [9.17, 15) is 4.39 Å². The first-order chi connectivity index (χ1) is 18.2. The summed E-state index contributed by atoms with van der Waals surface area (Å²) in [4.78, 5) is 8.87. The minimum Gasteiger partial charge on any atom is -0.236 e. The molecule has 3 nitrogen and oxygen atoms in total. The maximum atomic E-state index is 13.9. The maximum absolute atomic E-state index is 13.9. The minimum atomic E-state index is -0.550. The monoisotopic (exact) mass is 497 g/mol. The van der Waals surface area contributed by atoms with Gasteiger partial charge in [-0.15, -0.1) is 0 Å². The molecule has 1 fully saturated rings. The van der Waals surface area contributed by atoms with Crippen LogP contribution in [0.15, 0.2) is 54.9 Å². The van der Waals surface area contributed by atoms with Gasteiger partial charge < -0.3 is 0 Å². The minimum absolute atomic E-state index is 0.0254. The zero-order valence-electron chi connectivity index (χ0n) is 22.3. The molecular weight excluding hydrogens is 457 g/mol. The molecule has 1 aliphatic rings. The molecule has 1 aliphatic carbocycles. The first-order valence-electron chi connectivity index (χ1n) is 14.3. The van der Waals surface area contributed by atoms with Crippen molar-refractivity contribution in [1.29, 1.82) is 5.26 Å². The Morgan fingerprint density at radius 1 is 0.784 bits per heavy atom. The molecule has 1 saturated carbocycles. The van der Waals surface area contributed by atoms with Crippen molar-refractivity contribution in [3.63, 3.8) is 0 Å². The Balaban J connectivity index is 1.22. The van der Waals surface area contributed by atoms with Crippen LogP contribution in [-0.2, 0) is 0 Å². The van der Waals surface area contributed by atoms with E-state index in [1.165, 1.54) is 101 Å². The Kier molecular flexibility index (Phi) is 10.2. The Bertz CT molecular complexity index is 1140. The normalized spacial score (nSPS) is 17.4. The highest BCUT2D eigenvalue weighted by Gasteiger charge is 2.22. The van der Waals surface area contributed by atoms with Crippen molar-refractivity contribution in [2.75, 3.05) is 0 Å². The molecule has 0 unspecified atom stereocenters. The smallest absolute Gasteiger partial charge is 0.159 e. The second-order valence-electron chi connectivity index (χ2n) is 10.7. The highest BCUT2D eigenvalue weighted by molar-refractivity contribution is 5.64. The molecule has 4 heteroatoms. The van der Waals surface area contributed by atoms with Gasteiger partial charge in [0, 0.05) is 23.5 Å². The van der Waals surface area contributed by atoms with Gasteiger partial charge in [-0.25, -0.2) is 14.4 Å². The predicted octanol–water partition coefficient (Wildman–Crippen LogP) is 9.63. The number of unbranched alkanes of at least 4 members (excludes halogenated alkanes) is 7. The van der Waals surface area contributed by atoms with Gasteiger partial charge in [0.25, 0.3) is 0 Å². The first kappa shape index (κ1) is 27.0. The molecule has 0 bridgehead atoms. The average molecular weight is 498 g/mol. The summed E-state index contributed by atoms with van der Waals surface area (Å²) in [6.45, 7) is 2.28. The third-order valence-electron chi connectivity index (χ3n) is 8.03. The quantitative estimate of drug-likeness (QED) is 0.234. The molecule has 194 valence electrons. The van der Waals surface area contributed by atoms with Crippen LogP contribution in [0.2, 0.25) is 0 Å². The van der Waals surface area contributed by atoms with Crippen LogP contribution in [-0.4, -0.2) is 9.97 Å². The number of nitriles is 1. The van der Waals surface area contributed by atoms with Gasteiger partial charge in [0.15, 0.2) is 5.82 Å². The number of hydrogen-bond donors (Lipinski definition) is 0.